The normalized spacial score (nSPS) is 32.2. The second-order valence-corrected chi connectivity index (χ2v) is 5.80. The zero-order valence-electron chi connectivity index (χ0n) is 11.1. The van der Waals surface area contributed by atoms with E-state index in [2.05, 4.69) is 41.3 Å². The lowest BCUT2D eigenvalue weighted by molar-refractivity contribution is 0.0499. The molecule has 3 fully saturated rings. The van der Waals surface area contributed by atoms with Crippen LogP contribution in [-0.4, -0.2) is 24.0 Å². The molecule has 2 bridgehead atoms. The topological polar surface area (TPSA) is 12.5 Å². The van der Waals surface area contributed by atoms with Crippen LogP contribution in [0.3, 0.4) is 0 Å². The Morgan fingerprint density at radius 3 is 2.74 bits per heavy atom. The van der Waals surface area contributed by atoms with Gasteiger partial charge in [0.15, 0.2) is 0 Å². The molecule has 1 atom stereocenters. The summed E-state index contributed by atoms with van der Waals surface area (Å²) in [6.45, 7) is 2.47. The highest BCUT2D eigenvalue weighted by atomic mass is 16.5. The summed E-state index contributed by atoms with van der Waals surface area (Å²) >= 11 is 0. The van der Waals surface area contributed by atoms with E-state index < -0.39 is 0 Å². The van der Waals surface area contributed by atoms with E-state index in [-0.39, 0.29) is 0 Å². The largest absolute Gasteiger partial charge is 0.459 e. The van der Waals surface area contributed by atoms with E-state index in [0.29, 0.717) is 6.04 Å². The zero-order valence-corrected chi connectivity index (χ0v) is 11.1. The third kappa shape index (κ3) is 2.00. The number of benzene rings is 1. The van der Waals surface area contributed by atoms with Gasteiger partial charge in [-0.25, -0.2) is 0 Å². The van der Waals surface area contributed by atoms with Crippen LogP contribution in [0.5, 0.6) is 5.75 Å². The Balaban J connectivity index is 1.63. The molecule has 2 heteroatoms. The molecule has 2 nitrogen and oxygen atoms in total. The van der Waals surface area contributed by atoms with Gasteiger partial charge in [-0.2, -0.15) is 0 Å². The number of rotatable bonds is 1. The van der Waals surface area contributed by atoms with E-state index in [9.17, 15) is 0 Å². The average molecular weight is 253 g/mol. The summed E-state index contributed by atoms with van der Waals surface area (Å²) in [5, 5.41) is 0. The lowest BCUT2D eigenvalue weighted by atomic mass is 9.82. The summed E-state index contributed by atoms with van der Waals surface area (Å²) in [5.41, 5.74) is 1.17. The van der Waals surface area contributed by atoms with Crippen LogP contribution < -0.4 is 4.74 Å². The molecule has 0 N–H and O–H groups in total. The Morgan fingerprint density at radius 2 is 1.95 bits per heavy atom. The molecule has 4 aliphatic rings. The third-order valence-electron chi connectivity index (χ3n) is 4.66. The monoisotopic (exact) mass is 253 g/mol. The molecule has 4 aliphatic heterocycles. The number of allylic oxidation sites excluding steroid dienone is 2. The maximum atomic E-state index is 6.21. The number of hydrogen-bond acceptors (Lipinski definition) is 2. The van der Waals surface area contributed by atoms with Crippen LogP contribution in [0.4, 0.5) is 0 Å². The smallest absolute Gasteiger partial charge is 0.134 e. The summed E-state index contributed by atoms with van der Waals surface area (Å²) in [4.78, 5) is 2.59. The van der Waals surface area contributed by atoms with Gasteiger partial charge in [-0.1, -0.05) is 30.4 Å². The number of fused-ring (bicyclic) bond motifs is 4. The minimum absolute atomic E-state index is 0.489. The predicted molar refractivity (Wildman–Crippen MR) is 76.9 cm³/mol. The third-order valence-corrected chi connectivity index (χ3v) is 4.66. The van der Waals surface area contributed by atoms with Crippen molar-refractivity contribution in [3.63, 3.8) is 0 Å². The fourth-order valence-electron chi connectivity index (χ4n) is 3.56. The first-order valence-electron chi connectivity index (χ1n) is 7.29. The second-order valence-electron chi connectivity index (χ2n) is 5.80. The first-order chi connectivity index (χ1) is 9.40. The molecule has 19 heavy (non-hydrogen) atoms. The Bertz CT molecular complexity index is 538. The Morgan fingerprint density at radius 1 is 1.11 bits per heavy atom. The first kappa shape index (κ1) is 11.3. The molecule has 3 saturated heterocycles. The van der Waals surface area contributed by atoms with Gasteiger partial charge in [-0.05, 0) is 50.4 Å². The van der Waals surface area contributed by atoms with Crippen LogP contribution in [-0.2, 0) is 0 Å². The van der Waals surface area contributed by atoms with Crippen molar-refractivity contribution in [1.82, 2.24) is 4.90 Å². The van der Waals surface area contributed by atoms with Crippen LogP contribution in [0, 0.1) is 5.92 Å². The van der Waals surface area contributed by atoms with E-state index in [1.54, 1.807) is 0 Å². The molecule has 0 aliphatic carbocycles. The van der Waals surface area contributed by atoms with Crippen molar-refractivity contribution in [2.75, 3.05) is 13.1 Å². The maximum absolute atomic E-state index is 6.21. The molecule has 0 spiro atoms. The van der Waals surface area contributed by atoms with Gasteiger partial charge < -0.3 is 4.74 Å². The minimum atomic E-state index is 0.489. The summed E-state index contributed by atoms with van der Waals surface area (Å²) in [7, 11) is 0. The highest BCUT2D eigenvalue weighted by Crippen LogP contribution is 2.37. The highest BCUT2D eigenvalue weighted by molar-refractivity contribution is 5.60. The Kier molecular flexibility index (Phi) is 2.70. The van der Waals surface area contributed by atoms with E-state index in [1.165, 1.54) is 37.9 Å². The quantitative estimate of drug-likeness (QED) is 0.760. The van der Waals surface area contributed by atoms with Crippen LogP contribution in [0.25, 0.3) is 6.08 Å². The van der Waals surface area contributed by atoms with Gasteiger partial charge in [0, 0.05) is 5.56 Å². The molecular formula is C17H19NO. The number of piperidine rings is 3. The van der Waals surface area contributed by atoms with E-state index >= 15 is 0 Å². The van der Waals surface area contributed by atoms with Crippen LogP contribution in [0.1, 0.15) is 24.8 Å². The molecule has 0 saturated carbocycles. The number of nitrogens with zero attached hydrogens (tertiary/aromatic N) is 1. The molecule has 1 aromatic rings. The van der Waals surface area contributed by atoms with Gasteiger partial charge in [0.05, 0.1) is 6.04 Å². The molecule has 98 valence electrons. The molecule has 1 unspecified atom stereocenters. The SMILES string of the molecule is C1=Cc2ccccc2OC(C2CC3CCN2CC3)=C1. The van der Waals surface area contributed by atoms with Gasteiger partial charge in [0.25, 0.3) is 0 Å². The second kappa shape index (κ2) is 4.53. The maximum Gasteiger partial charge on any atom is 0.134 e. The molecule has 0 amide bonds. The molecule has 0 radical (unpaired) electrons. The fourth-order valence-corrected chi connectivity index (χ4v) is 3.56. The van der Waals surface area contributed by atoms with Crippen molar-refractivity contribution in [1.29, 1.82) is 0 Å². The summed E-state index contributed by atoms with van der Waals surface area (Å²) in [6.07, 6.45) is 10.4. The van der Waals surface area contributed by atoms with Crippen molar-refractivity contribution >= 4 is 6.08 Å². The molecule has 4 heterocycles. The van der Waals surface area contributed by atoms with Gasteiger partial charge in [0.1, 0.15) is 11.5 Å². The van der Waals surface area contributed by atoms with E-state index in [4.69, 9.17) is 4.74 Å². The van der Waals surface area contributed by atoms with Gasteiger partial charge in [-0.3, -0.25) is 4.90 Å². The minimum Gasteiger partial charge on any atom is -0.459 e. The van der Waals surface area contributed by atoms with Crippen molar-refractivity contribution in [2.45, 2.75) is 25.3 Å². The van der Waals surface area contributed by atoms with Crippen molar-refractivity contribution < 1.29 is 4.74 Å². The Hall–Kier alpha value is -1.54. The predicted octanol–water partition coefficient (Wildman–Crippen LogP) is 3.46. The molecule has 5 rings (SSSR count). The Labute approximate surface area is 114 Å². The van der Waals surface area contributed by atoms with Crippen molar-refractivity contribution in [3.05, 3.63) is 47.7 Å². The van der Waals surface area contributed by atoms with E-state index in [1.807, 2.05) is 6.07 Å². The molecule has 0 aromatic heterocycles. The van der Waals surface area contributed by atoms with Gasteiger partial charge in [-0.15, -0.1) is 0 Å². The average Bonchev–Trinajstić information content (AvgIpc) is 2.70. The van der Waals surface area contributed by atoms with Crippen molar-refractivity contribution in [2.24, 2.45) is 5.92 Å². The van der Waals surface area contributed by atoms with E-state index in [0.717, 1.165) is 17.4 Å². The standard InChI is InChI=1S/C17H19NO/c1-2-6-16-14(4-1)5-3-7-17(19-16)15-12-13-8-10-18(15)11-9-13/h1-7,13,15H,8-12H2. The molecule has 1 aromatic carbocycles. The number of ether oxygens (including phenoxy) is 1. The highest BCUT2D eigenvalue weighted by Gasteiger charge is 2.36. The summed E-state index contributed by atoms with van der Waals surface area (Å²) < 4.78 is 6.21. The van der Waals surface area contributed by atoms with Crippen LogP contribution in [0.2, 0.25) is 0 Å². The van der Waals surface area contributed by atoms with Crippen LogP contribution in [0.15, 0.2) is 42.2 Å². The van der Waals surface area contributed by atoms with Gasteiger partial charge >= 0.3 is 0 Å². The fraction of sp³-hybridized carbons (Fsp3) is 0.412. The van der Waals surface area contributed by atoms with Gasteiger partial charge in [0.2, 0.25) is 0 Å². The van der Waals surface area contributed by atoms with Crippen molar-refractivity contribution in [3.8, 4) is 5.75 Å². The first-order valence-corrected chi connectivity index (χ1v) is 7.29. The zero-order chi connectivity index (χ0) is 12.7. The summed E-state index contributed by atoms with van der Waals surface area (Å²) in [6, 6.07) is 8.76. The number of para-hydroxylation sites is 1. The number of hydrogen-bond donors (Lipinski definition) is 0. The van der Waals surface area contributed by atoms with Crippen LogP contribution >= 0.6 is 0 Å². The lowest BCUT2D eigenvalue weighted by Crippen LogP contribution is -2.50. The molecular weight excluding hydrogens is 234 g/mol. The lowest BCUT2D eigenvalue weighted by Gasteiger charge is -2.45. The summed E-state index contributed by atoms with van der Waals surface area (Å²) in [5.74, 6) is 3.03.